The second-order valence-electron chi connectivity index (χ2n) is 5.53. The SMILES string of the molecule is CCc1nc(N2C(=O)C(NC)CC3CC3C2C)no1. The summed E-state index contributed by atoms with van der Waals surface area (Å²) in [5.41, 5.74) is 0. The number of hydrogen-bond donors (Lipinski definition) is 1. The normalized spacial score (nSPS) is 34.1. The number of nitrogens with zero attached hydrogens (tertiary/aromatic N) is 3. The van der Waals surface area contributed by atoms with Crippen LogP contribution in [-0.4, -0.2) is 35.2 Å². The molecular weight excluding hydrogens is 244 g/mol. The van der Waals surface area contributed by atoms with Gasteiger partial charge in [-0.05, 0) is 43.8 Å². The maximum Gasteiger partial charge on any atom is 0.273 e. The minimum Gasteiger partial charge on any atom is -0.337 e. The third-order valence-electron chi connectivity index (χ3n) is 4.40. The van der Waals surface area contributed by atoms with E-state index >= 15 is 0 Å². The summed E-state index contributed by atoms with van der Waals surface area (Å²) in [6.07, 6.45) is 2.80. The maximum absolute atomic E-state index is 12.6. The Hall–Kier alpha value is -1.43. The van der Waals surface area contributed by atoms with E-state index in [1.165, 1.54) is 6.42 Å². The van der Waals surface area contributed by atoms with Gasteiger partial charge >= 0.3 is 0 Å². The minimum atomic E-state index is -0.136. The first-order valence-electron chi connectivity index (χ1n) is 6.98. The molecule has 1 N–H and O–H groups in total. The zero-order valence-corrected chi connectivity index (χ0v) is 11.6. The molecule has 3 rings (SSSR count). The lowest BCUT2D eigenvalue weighted by Crippen LogP contribution is -2.48. The lowest BCUT2D eigenvalue weighted by molar-refractivity contribution is -0.121. The van der Waals surface area contributed by atoms with Crippen LogP contribution in [0.2, 0.25) is 0 Å². The number of rotatable bonds is 3. The molecule has 1 aromatic rings. The van der Waals surface area contributed by atoms with Gasteiger partial charge in [0.25, 0.3) is 5.95 Å². The molecule has 1 aromatic heterocycles. The summed E-state index contributed by atoms with van der Waals surface area (Å²) in [6.45, 7) is 4.04. The molecule has 1 amide bonds. The van der Waals surface area contributed by atoms with Crippen LogP contribution in [-0.2, 0) is 11.2 Å². The van der Waals surface area contributed by atoms with Gasteiger partial charge in [-0.2, -0.15) is 4.98 Å². The van der Waals surface area contributed by atoms with Crippen molar-refractivity contribution in [1.82, 2.24) is 15.5 Å². The van der Waals surface area contributed by atoms with Crippen LogP contribution in [0.1, 0.15) is 32.6 Å². The van der Waals surface area contributed by atoms with Crippen LogP contribution in [0.4, 0.5) is 5.95 Å². The first-order valence-corrected chi connectivity index (χ1v) is 6.98. The Bertz CT molecular complexity index is 487. The van der Waals surface area contributed by atoms with Crippen LogP contribution in [0.3, 0.4) is 0 Å². The molecule has 1 aliphatic carbocycles. The van der Waals surface area contributed by atoms with Crippen LogP contribution in [0, 0.1) is 11.8 Å². The molecule has 1 aliphatic heterocycles. The fourth-order valence-corrected chi connectivity index (χ4v) is 3.11. The lowest BCUT2D eigenvalue weighted by Gasteiger charge is -2.27. The summed E-state index contributed by atoms with van der Waals surface area (Å²) < 4.78 is 5.15. The molecule has 0 bridgehead atoms. The molecular formula is C13H20N4O2. The summed E-state index contributed by atoms with van der Waals surface area (Å²) in [5.74, 6) is 2.28. The van der Waals surface area contributed by atoms with E-state index in [9.17, 15) is 4.79 Å². The molecule has 6 heteroatoms. The topological polar surface area (TPSA) is 71.3 Å². The van der Waals surface area contributed by atoms with Gasteiger partial charge in [-0.1, -0.05) is 6.92 Å². The predicted octanol–water partition coefficient (Wildman–Crippen LogP) is 0.981. The number of carbonyl (C=O) groups excluding carboxylic acids is 1. The van der Waals surface area contributed by atoms with Crippen LogP contribution in [0.25, 0.3) is 0 Å². The van der Waals surface area contributed by atoms with E-state index in [0.717, 1.165) is 6.42 Å². The van der Waals surface area contributed by atoms with Gasteiger partial charge in [-0.25, -0.2) is 0 Å². The van der Waals surface area contributed by atoms with Gasteiger partial charge in [0.15, 0.2) is 0 Å². The first-order chi connectivity index (χ1) is 9.15. The Morgan fingerprint density at radius 3 is 2.89 bits per heavy atom. The second kappa shape index (κ2) is 4.59. The van der Waals surface area contributed by atoms with Crippen molar-refractivity contribution in [3.63, 3.8) is 0 Å². The third kappa shape index (κ3) is 2.04. The second-order valence-corrected chi connectivity index (χ2v) is 5.53. The number of anilines is 1. The van der Waals surface area contributed by atoms with Crippen molar-refractivity contribution >= 4 is 11.9 Å². The zero-order valence-electron chi connectivity index (χ0n) is 11.6. The monoisotopic (exact) mass is 264 g/mol. The maximum atomic E-state index is 12.6. The lowest BCUT2D eigenvalue weighted by atomic mass is 10.1. The Kier molecular flexibility index (Phi) is 3.05. The van der Waals surface area contributed by atoms with E-state index in [1.54, 1.807) is 4.90 Å². The van der Waals surface area contributed by atoms with Crippen LogP contribution >= 0.6 is 0 Å². The van der Waals surface area contributed by atoms with Crippen molar-refractivity contribution in [2.75, 3.05) is 11.9 Å². The molecule has 104 valence electrons. The average molecular weight is 264 g/mol. The molecule has 4 unspecified atom stereocenters. The third-order valence-corrected chi connectivity index (χ3v) is 4.40. The molecule has 4 atom stereocenters. The van der Waals surface area contributed by atoms with Gasteiger partial charge in [0.1, 0.15) is 0 Å². The molecule has 2 aliphatic rings. The standard InChI is InChI=1S/C13H20N4O2/c1-4-11-15-13(16-19-11)17-7(2)9-5-8(9)6-10(14-3)12(17)18/h7-10,14H,4-6H2,1-3H3. The van der Waals surface area contributed by atoms with Crippen molar-refractivity contribution in [3.05, 3.63) is 5.89 Å². The van der Waals surface area contributed by atoms with Crippen molar-refractivity contribution in [2.45, 2.75) is 45.2 Å². The summed E-state index contributed by atoms with van der Waals surface area (Å²) in [7, 11) is 1.84. The highest BCUT2D eigenvalue weighted by atomic mass is 16.5. The largest absolute Gasteiger partial charge is 0.337 e. The van der Waals surface area contributed by atoms with Gasteiger partial charge < -0.3 is 9.84 Å². The van der Waals surface area contributed by atoms with Gasteiger partial charge in [0, 0.05) is 12.5 Å². The average Bonchev–Trinajstić information content (AvgIpc) is 3.05. The van der Waals surface area contributed by atoms with Crippen LogP contribution < -0.4 is 10.2 Å². The molecule has 1 saturated carbocycles. The first kappa shape index (κ1) is 12.6. The smallest absolute Gasteiger partial charge is 0.273 e. The molecule has 6 nitrogen and oxygen atoms in total. The van der Waals surface area contributed by atoms with Gasteiger partial charge in [0.05, 0.1) is 6.04 Å². The summed E-state index contributed by atoms with van der Waals surface area (Å²) >= 11 is 0. The van der Waals surface area contributed by atoms with E-state index in [2.05, 4.69) is 22.4 Å². The molecule has 1 saturated heterocycles. The highest BCUT2D eigenvalue weighted by Crippen LogP contribution is 2.48. The Labute approximate surface area is 112 Å². The molecule has 0 spiro atoms. The summed E-state index contributed by atoms with van der Waals surface area (Å²) in [4.78, 5) is 18.6. The highest BCUT2D eigenvalue weighted by molar-refractivity contribution is 5.96. The molecule has 2 heterocycles. The van der Waals surface area contributed by atoms with Crippen molar-refractivity contribution in [1.29, 1.82) is 0 Å². The number of likely N-dealkylation sites (N-methyl/N-ethyl adjacent to an activating group) is 1. The zero-order chi connectivity index (χ0) is 13.6. The van der Waals surface area contributed by atoms with Crippen molar-refractivity contribution in [2.24, 2.45) is 11.8 Å². The van der Waals surface area contributed by atoms with Gasteiger partial charge in [0.2, 0.25) is 11.8 Å². The Morgan fingerprint density at radius 1 is 1.47 bits per heavy atom. The Morgan fingerprint density at radius 2 is 2.26 bits per heavy atom. The van der Waals surface area contributed by atoms with E-state index in [1.807, 2.05) is 14.0 Å². The van der Waals surface area contributed by atoms with Crippen LogP contribution in [0.5, 0.6) is 0 Å². The van der Waals surface area contributed by atoms with E-state index < -0.39 is 0 Å². The number of nitrogens with one attached hydrogen (secondary N) is 1. The number of aryl methyl sites for hydroxylation is 1. The van der Waals surface area contributed by atoms with Crippen molar-refractivity contribution in [3.8, 4) is 0 Å². The highest BCUT2D eigenvalue weighted by Gasteiger charge is 2.51. The summed E-state index contributed by atoms with van der Waals surface area (Å²) in [6, 6.07) is 0.0154. The molecule has 0 radical (unpaired) electrons. The van der Waals surface area contributed by atoms with Crippen LogP contribution in [0.15, 0.2) is 4.52 Å². The summed E-state index contributed by atoms with van der Waals surface area (Å²) in [5, 5.41) is 7.08. The molecule has 19 heavy (non-hydrogen) atoms. The fourth-order valence-electron chi connectivity index (χ4n) is 3.11. The number of carbonyl (C=O) groups is 1. The number of amides is 1. The van der Waals surface area contributed by atoms with E-state index in [-0.39, 0.29) is 18.0 Å². The quantitative estimate of drug-likeness (QED) is 0.881. The molecule has 0 aromatic carbocycles. The van der Waals surface area contributed by atoms with Crippen molar-refractivity contribution < 1.29 is 9.32 Å². The number of aromatic nitrogens is 2. The predicted molar refractivity (Wildman–Crippen MR) is 69.7 cm³/mol. The van der Waals surface area contributed by atoms with Gasteiger partial charge in [-0.15, -0.1) is 0 Å². The minimum absolute atomic E-state index is 0.0608. The van der Waals surface area contributed by atoms with E-state index in [0.29, 0.717) is 30.1 Å². The fraction of sp³-hybridized carbons (Fsp3) is 0.769. The number of fused-ring (bicyclic) bond motifs is 1. The van der Waals surface area contributed by atoms with E-state index in [4.69, 9.17) is 4.52 Å². The van der Waals surface area contributed by atoms with Gasteiger partial charge in [-0.3, -0.25) is 9.69 Å². The number of hydrogen-bond acceptors (Lipinski definition) is 5. The molecule has 2 fully saturated rings. The Balaban J connectivity index is 1.93.